The van der Waals surface area contributed by atoms with Gasteiger partial charge in [-0.1, -0.05) is 12.2 Å². The highest BCUT2D eigenvalue weighted by Crippen LogP contribution is 2.20. The number of nitrogens with one attached hydrogen (secondary N) is 1. The van der Waals surface area contributed by atoms with Gasteiger partial charge in [0.2, 0.25) is 5.91 Å². The van der Waals surface area contributed by atoms with Crippen LogP contribution < -0.4 is 16.8 Å². The number of carbonyl (C=O) groups is 1. The number of hydrogen-bond donors (Lipinski definition) is 3. The van der Waals surface area contributed by atoms with Crippen molar-refractivity contribution in [2.24, 2.45) is 11.5 Å². The van der Waals surface area contributed by atoms with Crippen molar-refractivity contribution >= 4 is 34.6 Å². The number of amides is 1. The van der Waals surface area contributed by atoms with Gasteiger partial charge < -0.3 is 16.8 Å². The second-order valence-corrected chi connectivity index (χ2v) is 4.72. The van der Waals surface area contributed by atoms with Crippen LogP contribution in [-0.2, 0) is 0 Å². The first-order valence-electron chi connectivity index (χ1n) is 5.91. The summed E-state index contributed by atoms with van der Waals surface area (Å²) in [4.78, 5) is 15.7. The van der Waals surface area contributed by atoms with Crippen LogP contribution >= 0.6 is 12.2 Å². The first-order valence-corrected chi connectivity index (χ1v) is 6.32. The molecule has 20 heavy (non-hydrogen) atoms. The van der Waals surface area contributed by atoms with Crippen LogP contribution in [0.25, 0.3) is 0 Å². The van der Waals surface area contributed by atoms with Gasteiger partial charge in [-0.25, -0.2) is 4.98 Å². The number of nitrogens with zero attached hydrogens (tertiary/aromatic N) is 1. The molecule has 0 unspecified atom stereocenters. The van der Waals surface area contributed by atoms with E-state index in [1.54, 1.807) is 24.3 Å². The van der Waals surface area contributed by atoms with Crippen LogP contribution in [0.3, 0.4) is 0 Å². The predicted octanol–water partition coefficient (Wildman–Crippen LogP) is 1.87. The number of pyridine rings is 1. The number of nitrogens with two attached hydrogens (primary N) is 2. The highest BCUT2D eigenvalue weighted by atomic mass is 32.1. The van der Waals surface area contributed by atoms with E-state index in [0.717, 1.165) is 11.4 Å². The van der Waals surface area contributed by atoms with E-state index in [9.17, 15) is 4.79 Å². The van der Waals surface area contributed by atoms with Crippen LogP contribution in [0.5, 0.6) is 0 Å². The Kier molecular flexibility index (Phi) is 3.95. The van der Waals surface area contributed by atoms with Crippen molar-refractivity contribution in [3.05, 3.63) is 53.2 Å². The fraction of sp³-hybridized carbons (Fsp3) is 0.0714. The second kappa shape index (κ2) is 5.66. The van der Waals surface area contributed by atoms with E-state index in [-0.39, 0.29) is 4.99 Å². The highest BCUT2D eigenvalue weighted by Gasteiger charge is 2.08. The Bertz CT molecular complexity index is 667. The molecule has 1 aromatic heterocycles. The predicted molar refractivity (Wildman–Crippen MR) is 83.1 cm³/mol. The summed E-state index contributed by atoms with van der Waals surface area (Å²) in [5.41, 5.74) is 13.6. The molecule has 0 atom stereocenters. The van der Waals surface area contributed by atoms with Crippen LogP contribution in [0.4, 0.5) is 11.5 Å². The fourth-order valence-corrected chi connectivity index (χ4v) is 1.87. The lowest BCUT2D eigenvalue weighted by atomic mass is 10.2. The van der Waals surface area contributed by atoms with Crippen molar-refractivity contribution < 1.29 is 4.79 Å². The molecule has 0 radical (unpaired) electrons. The molecular formula is C14H14N4OS. The molecule has 6 heteroatoms. The second-order valence-electron chi connectivity index (χ2n) is 4.28. The lowest BCUT2D eigenvalue weighted by Crippen LogP contribution is -2.13. The molecule has 1 aromatic carbocycles. The van der Waals surface area contributed by atoms with E-state index in [0.29, 0.717) is 16.9 Å². The normalized spacial score (nSPS) is 10.1. The molecule has 0 aliphatic carbocycles. The Balaban J connectivity index is 2.31. The van der Waals surface area contributed by atoms with Crippen molar-refractivity contribution in [3.8, 4) is 0 Å². The molecule has 2 aromatic rings. The number of rotatable bonds is 4. The number of hydrogen-bond acceptors (Lipinski definition) is 4. The molecule has 0 saturated heterocycles. The molecule has 0 spiro atoms. The van der Waals surface area contributed by atoms with E-state index in [1.165, 1.54) is 0 Å². The van der Waals surface area contributed by atoms with E-state index in [2.05, 4.69) is 10.3 Å². The number of aryl methyl sites for hydroxylation is 1. The molecule has 5 nitrogen and oxygen atoms in total. The maximum absolute atomic E-state index is 11.0. The first-order chi connectivity index (χ1) is 9.47. The smallest absolute Gasteiger partial charge is 0.248 e. The van der Waals surface area contributed by atoms with Gasteiger partial charge in [-0.05, 0) is 43.3 Å². The van der Waals surface area contributed by atoms with E-state index < -0.39 is 5.91 Å². The molecule has 5 N–H and O–H groups in total. The summed E-state index contributed by atoms with van der Waals surface area (Å²) < 4.78 is 0. The number of anilines is 2. The average Bonchev–Trinajstić information content (AvgIpc) is 2.39. The van der Waals surface area contributed by atoms with E-state index >= 15 is 0 Å². The average molecular weight is 286 g/mol. The third kappa shape index (κ3) is 3.10. The summed E-state index contributed by atoms with van der Waals surface area (Å²) in [7, 11) is 0. The van der Waals surface area contributed by atoms with Crippen LogP contribution in [0.2, 0.25) is 0 Å². The minimum Gasteiger partial charge on any atom is -0.389 e. The summed E-state index contributed by atoms with van der Waals surface area (Å²) >= 11 is 5.00. The SMILES string of the molecule is Cc1ccc(C(N)=S)c(Nc2ccc(C(N)=O)cc2)n1. The molecule has 1 heterocycles. The first kappa shape index (κ1) is 14.0. The topological polar surface area (TPSA) is 94.0 Å². The lowest BCUT2D eigenvalue weighted by Gasteiger charge is -2.11. The van der Waals surface area contributed by atoms with Gasteiger partial charge in [-0.2, -0.15) is 0 Å². The summed E-state index contributed by atoms with van der Waals surface area (Å²) in [6, 6.07) is 10.4. The maximum atomic E-state index is 11.0. The Morgan fingerprint density at radius 3 is 2.35 bits per heavy atom. The monoisotopic (exact) mass is 286 g/mol. The molecule has 1 amide bonds. The number of thiocarbonyl (C=S) groups is 1. The Morgan fingerprint density at radius 2 is 1.80 bits per heavy atom. The van der Waals surface area contributed by atoms with Gasteiger partial charge in [0.15, 0.2) is 0 Å². The molecule has 0 aliphatic rings. The molecular weight excluding hydrogens is 272 g/mol. The molecule has 0 aliphatic heterocycles. The highest BCUT2D eigenvalue weighted by molar-refractivity contribution is 7.80. The standard InChI is InChI=1S/C14H14N4OS/c1-8-2-7-11(13(16)20)14(17-8)18-10-5-3-9(4-6-10)12(15)19/h2-7H,1H3,(H2,15,19)(H2,16,20)(H,17,18). The number of primary amides is 1. The number of aromatic nitrogens is 1. The third-order valence-electron chi connectivity index (χ3n) is 2.73. The maximum Gasteiger partial charge on any atom is 0.248 e. The van der Waals surface area contributed by atoms with E-state index in [1.807, 2.05) is 19.1 Å². The van der Waals surface area contributed by atoms with E-state index in [4.69, 9.17) is 23.7 Å². The van der Waals surface area contributed by atoms with Gasteiger partial charge in [-0.3, -0.25) is 4.79 Å². The van der Waals surface area contributed by atoms with Crippen molar-refractivity contribution in [3.63, 3.8) is 0 Å². The molecule has 2 rings (SSSR count). The van der Waals surface area contributed by atoms with Crippen LogP contribution in [0, 0.1) is 6.92 Å². The van der Waals surface area contributed by atoms with Crippen molar-refractivity contribution in [1.82, 2.24) is 4.98 Å². The third-order valence-corrected chi connectivity index (χ3v) is 2.95. The van der Waals surface area contributed by atoms with Gasteiger partial charge >= 0.3 is 0 Å². The lowest BCUT2D eigenvalue weighted by molar-refractivity contribution is 0.100. The summed E-state index contributed by atoms with van der Waals surface area (Å²) in [6.45, 7) is 1.88. The van der Waals surface area contributed by atoms with Crippen LogP contribution in [0.1, 0.15) is 21.6 Å². The number of benzene rings is 1. The quantitative estimate of drug-likeness (QED) is 0.746. The van der Waals surface area contributed by atoms with Gasteiger partial charge in [0.25, 0.3) is 0 Å². The van der Waals surface area contributed by atoms with Crippen LogP contribution in [0.15, 0.2) is 36.4 Å². The van der Waals surface area contributed by atoms with Crippen LogP contribution in [-0.4, -0.2) is 15.9 Å². The summed E-state index contributed by atoms with van der Waals surface area (Å²) in [5, 5.41) is 3.13. The Morgan fingerprint density at radius 1 is 1.15 bits per heavy atom. The van der Waals surface area contributed by atoms with Gasteiger partial charge in [0.1, 0.15) is 10.8 Å². The zero-order valence-corrected chi connectivity index (χ0v) is 11.7. The number of carbonyl (C=O) groups excluding carboxylic acids is 1. The van der Waals surface area contributed by atoms with Gasteiger partial charge in [0.05, 0.1) is 5.56 Å². The van der Waals surface area contributed by atoms with Gasteiger partial charge in [0, 0.05) is 16.9 Å². The van der Waals surface area contributed by atoms with Crippen molar-refractivity contribution in [2.45, 2.75) is 6.92 Å². The van der Waals surface area contributed by atoms with Crippen molar-refractivity contribution in [2.75, 3.05) is 5.32 Å². The minimum atomic E-state index is -0.464. The zero-order valence-electron chi connectivity index (χ0n) is 10.9. The fourth-order valence-electron chi connectivity index (χ4n) is 1.71. The molecule has 102 valence electrons. The molecule has 0 bridgehead atoms. The van der Waals surface area contributed by atoms with Crippen molar-refractivity contribution in [1.29, 1.82) is 0 Å². The minimum absolute atomic E-state index is 0.272. The summed E-state index contributed by atoms with van der Waals surface area (Å²) in [6.07, 6.45) is 0. The Hall–Kier alpha value is -2.47. The summed E-state index contributed by atoms with van der Waals surface area (Å²) in [5.74, 6) is 0.124. The molecule has 0 fully saturated rings. The Labute approximate surface area is 122 Å². The molecule has 0 saturated carbocycles. The zero-order chi connectivity index (χ0) is 14.7. The largest absolute Gasteiger partial charge is 0.389 e. The van der Waals surface area contributed by atoms with Gasteiger partial charge in [-0.15, -0.1) is 0 Å².